The van der Waals surface area contributed by atoms with Crippen LogP contribution < -0.4 is 18.9 Å². The van der Waals surface area contributed by atoms with Crippen molar-refractivity contribution in [1.29, 1.82) is 0 Å². The Morgan fingerprint density at radius 2 is 0.472 bits per heavy atom. The van der Waals surface area contributed by atoms with Gasteiger partial charge in [0.1, 0.15) is 51.6 Å². The second kappa shape index (κ2) is 47.5. The summed E-state index contributed by atoms with van der Waals surface area (Å²) in [6.07, 6.45) is 12.0. The van der Waals surface area contributed by atoms with Gasteiger partial charge in [0.15, 0.2) is 64.5 Å². The largest absolute Gasteiger partial charge is 0.455 e. The molecule has 0 aromatic heterocycles. The summed E-state index contributed by atoms with van der Waals surface area (Å²) < 4.78 is 30.1. The number of esters is 5. The second-order valence-electron chi connectivity index (χ2n) is 37.5. The van der Waals surface area contributed by atoms with Crippen molar-refractivity contribution in [1.82, 2.24) is 0 Å². The fourth-order valence-corrected chi connectivity index (χ4v) is 33.7. The Morgan fingerprint density at radius 3 is 0.718 bits per heavy atom. The Labute approximate surface area is 854 Å². The monoisotopic (exact) mass is 1990 g/mol. The van der Waals surface area contributed by atoms with Crippen molar-refractivity contribution in [3.05, 3.63) is 442 Å². The van der Waals surface area contributed by atoms with E-state index in [1.165, 1.54) is 126 Å². The molecule has 0 unspecified atom stereocenters. The molecule has 4 aliphatic carbocycles. The van der Waals surface area contributed by atoms with Crippen molar-refractivity contribution in [2.75, 3.05) is 34.5 Å². The highest BCUT2D eigenvalue weighted by Gasteiger charge is 2.57. The number of Topliss-reactive ketones (excluding diaryl/α,β-unsaturated/α-hetero) is 1. The molecule has 0 atom stereocenters. The molecule has 0 amide bonds. The lowest BCUT2D eigenvalue weighted by Gasteiger charge is -2.58. The van der Waals surface area contributed by atoms with Crippen LogP contribution in [0.4, 0.5) is 0 Å². The molecule has 0 N–H and O–H groups in total. The van der Waals surface area contributed by atoms with Gasteiger partial charge in [0, 0.05) is 54.1 Å². The molecule has 6 aliphatic rings. The maximum absolute atomic E-state index is 13.6. The molecular formula is C125H122O11S6+6. The van der Waals surface area contributed by atoms with Crippen molar-refractivity contribution in [2.45, 2.75) is 184 Å². The Hall–Kier alpha value is -12.6. The van der Waals surface area contributed by atoms with Gasteiger partial charge in [-0.3, -0.25) is 4.79 Å². The fourth-order valence-electron chi connectivity index (χ4n) is 20.3. The van der Waals surface area contributed by atoms with E-state index in [0.717, 1.165) is 87.2 Å². The van der Waals surface area contributed by atoms with Gasteiger partial charge in [-0.05, 0) is 350 Å². The lowest BCUT2D eigenvalue weighted by Crippen LogP contribution is -2.58. The van der Waals surface area contributed by atoms with E-state index in [2.05, 4.69) is 250 Å². The number of benzene rings is 15. The summed E-state index contributed by atoms with van der Waals surface area (Å²) >= 11 is 0. The smallest absolute Gasteiger partial charge is 0.356 e. The number of ether oxygens (including phenoxy) is 5. The van der Waals surface area contributed by atoms with Crippen LogP contribution in [0, 0.1) is 79.1 Å². The normalized spacial score (nSPS) is 16.7. The van der Waals surface area contributed by atoms with Crippen LogP contribution in [0.25, 0.3) is 0 Å². The van der Waals surface area contributed by atoms with Crippen LogP contribution in [0.3, 0.4) is 0 Å². The molecule has 0 spiro atoms. The standard InChI is InChI=1S/2C48H40O4S2.C17H27O2S.C12H15OS/c1-33-28-43(53(39-20-9-5-10-21-39)40-22-11-6-12-23-40)29-34(2)45(33)51-47(49)37-18-17-19-38(32-37)48(50)52-46-35(3)30-44(31-36(46)4)54(41-24-13-7-14-25-41)42-26-15-8-16-27-42;1-33-29-43(53(39-17-9-5-10-18-39)40-19-11-6-12-20-40)30-34(2)45(33)51-47(49)37-25-27-38(28-26-37)48(50)52-46-35(3)31-44(32-36(46)4)54(41-21-13-7-14-22-41)42-23-15-8-16-24-42;1-17(19-16(18)11-20-4-2-3-5-20)14-7-12-6-13(9-14)10-15(17)8-12;13-12(10-14-8-4-5-9-14)11-6-2-1-3-7-11/h2*5-32H,1-4H3;12-15H,2-11H2,1H3;1-3,6-7H,4-5,8-10H2/q2*+2;2*+1. The SMILES string of the molecule is CC1(OC(=O)C[S+]2CCCC2)C2CC3CC(C2)CC1C3.Cc1cc([S+](c2ccccc2)c2ccccc2)cc(C)c1OC(=O)c1ccc(C(=O)Oc2c(C)cc([S+](c3ccccc3)c3ccccc3)cc2C)cc1.Cc1cc([S+](c2ccccc2)c2ccccc2)cc(C)c1OC(=O)c1cccc(C(=O)Oc2c(C)cc([S+](c3ccccc3)c3ccccc3)cc2C)c1.O=C(C[S+]1CCCC1)c1ccccc1. The van der Waals surface area contributed by atoms with E-state index in [9.17, 15) is 28.8 Å². The van der Waals surface area contributed by atoms with E-state index in [1.54, 1.807) is 42.5 Å². The van der Waals surface area contributed by atoms with Crippen LogP contribution in [0.2, 0.25) is 0 Å². The molecule has 2 aliphatic heterocycles. The number of carbonyl (C=O) groups is 6. The summed E-state index contributed by atoms with van der Waals surface area (Å²) in [6, 6.07) is 123. The molecule has 15 aromatic rings. The van der Waals surface area contributed by atoms with E-state index in [4.69, 9.17) is 23.7 Å². The predicted molar refractivity (Wildman–Crippen MR) is 581 cm³/mol. The highest BCUT2D eigenvalue weighted by atomic mass is 32.2. The minimum Gasteiger partial charge on any atom is -0.455 e. The van der Waals surface area contributed by atoms with Gasteiger partial charge in [-0.1, -0.05) is 182 Å². The highest BCUT2D eigenvalue weighted by molar-refractivity contribution is 7.98. The van der Waals surface area contributed by atoms with Gasteiger partial charge in [-0.15, -0.1) is 0 Å². The van der Waals surface area contributed by atoms with Crippen molar-refractivity contribution in [2.24, 2.45) is 23.7 Å². The first kappa shape index (κ1) is 101. The molecule has 2 heterocycles. The van der Waals surface area contributed by atoms with Gasteiger partial charge in [0.05, 0.1) is 65.8 Å². The Kier molecular flexibility index (Phi) is 33.8. The summed E-state index contributed by atoms with van der Waals surface area (Å²) in [6.45, 7) is 18.0. The molecule has 21 rings (SSSR count). The zero-order valence-electron chi connectivity index (χ0n) is 82.1. The summed E-state index contributed by atoms with van der Waals surface area (Å²) in [7, 11) is -0.577. The minimum absolute atomic E-state index is 0.116. The number of hydrogen-bond donors (Lipinski definition) is 0. The molecule has 11 nitrogen and oxygen atoms in total. The number of aryl methyl sites for hydroxylation is 8. The number of carbonyl (C=O) groups excluding carboxylic acids is 6. The van der Waals surface area contributed by atoms with E-state index < -0.39 is 23.9 Å². The van der Waals surface area contributed by atoms with Gasteiger partial charge < -0.3 is 23.7 Å². The predicted octanol–water partition coefficient (Wildman–Crippen LogP) is 28.5. The molecule has 142 heavy (non-hydrogen) atoms. The van der Waals surface area contributed by atoms with E-state index in [1.807, 2.05) is 134 Å². The zero-order chi connectivity index (χ0) is 98.8. The third-order valence-electron chi connectivity index (χ3n) is 27.1. The van der Waals surface area contributed by atoms with E-state index >= 15 is 0 Å². The maximum Gasteiger partial charge on any atom is 0.356 e. The van der Waals surface area contributed by atoms with Crippen LogP contribution in [-0.2, 0) is 74.9 Å². The summed E-state index contributed by atoms with van der Waals surface area (Å²) in [5.41, 5.74) is 8.89. The summed E-state index contributed by atoms with van der Waals surface area (Å²) in [5.74, 6) is 10.3. The molecule has 17 heteroatoms. The molecule has 6 fully saturated rings. The van der Waals surface area contributed by atoms with Gasteiger partial charge in [-0.2, -0.15) is 0 Å². The van der Waals surface area contributed by atoms with Gasteiger partial charge in [0.2, 0.25) is 11.5 Å². The van der Waals surface area contributed by atoms with Crippen molar-refractivity contribution in [3.63, 3.8) is 0 Å². The lowest BCUT2D eigenvalue weighted by atomic mass is 9.50. The molecule has 718 valence electrons. The summed E-state index contributed by atoms with van der Waals surface area (Å²) in [4.78, 5) is 92.4. The number of hydrogen-bond acceptors (Lipinski definition) is 11. The number of rotatable bonds is 26. The average Bonchev–Trinajstić information content (AvgIpc) is 0.883. The van der Waals surface area contributed by atoms with E-state index in [-0.39, 0.29) is 66.3 Å². The van der Waals surface area contributed by atoms with Gasteiger partial charge >= 0.3 is 29.8 Å². The maximum atomic E-state index is 13.6. The number of ketones is 1. The molecule has 4 saturated carbocycles. The zero-order valence-corrected chi connectivity index (χ0v) is 87.0. The summed E-state index contributed by atoms with van der Waals surface area (Å²) in [5, 5.41) is 0. The molecule has 4 bridgehead atoms. The van der Waals surface area contributed by atoms with Crippen LogP contribution >= 0.6 is 0 Å². The Balaban J connectivity index is 0.000000147. The first-order valence-electron chi connectivity index (χ1n) is 49.0. The average molecular weight is 1990 g/mol. The topological polar surface area (TPSA) is 149 Å². The van der Waals surface area contributed by atoms with Crippen molar-refractivity contribution < 1.29 is 52.5 Å². The fraction of sp³-hybridized carbons (Fsp3) is 0.232. The first-order chi connectivity index (χ1) is 69.0. The van der Waals surface area contributed by atoms with Gasteiger partial charge in [0.25, 0.3) is 0 Å². The lowest BCUT2D eigenvalue weighted by molar-refractivity contribution is -0.200. The molecule has 0 radical (unpaired) electrons. The second-order valence-corrected chi connectivity index (χ2v) is 50.3. The Bertz CT molecular complexity index is 6270. The van der Waals surface area contributed by atoms with Crippen LogP contribution in [0.1, 0.15) is 161 Å². The molecular weight excluding hydrogens is 1870 g/mol. The third kappa shape index (κ3) is 24.8. The molecule has 2 saturated heterocycles. The van der Waals surface area contributed by atoms with Crippen molar-refractivity contribution >= 4 is 101 Å². The van der Waals surface area contributed by atoms with Crippen LogP contribution in [-0.4, -0.2) is 75.7 Å². The quantitative estimate of drug-likeness (QED) is 0.0221. The van der Waals surface area contributed by atoms with Crippen LogP contribution in [0.15, 0.2) is 429 Å². The van der Waals surface area contributed by atoms with E-state index in [0.29, 0.717) is 79.3 Å². The van der Waals surface area contributed by atoms with Crippen molar-refractivity contribution in [3.8, 4) is 23.0 Å². The third-order valence-corrected chi connectivity index (χ3v) is 40.6. The first-order valence-corrected chi connectivity index (χ1v) is 57.4. The highest BCUT2D eigenvalue weighted by Crippen LogP contribution is 2.60. The molecule has 15 aromatic carbocycles. The Morgan fingerprint density at radius 1 is 0.254 bits per heavy atom. The van der Waals surface area contributed by atoms with Gasteiger partial charge in [-0.25, -0.2) is 24.0 Å². The van der Waals surface area contributed by atoms with Crippen LogP contribution in [0.5, 0.6) is 23.0 Å². The minimum atomic E-state index is -0.542.